The number of hydrogen-bond donors (Lipinski definition) is 1. The molecular weight excluding hydrogens is 292 g/mol. The number of carboxylic acid groups (broad SMARTS) is 1. The number of para-hydroxylation sites is 1. The fourth-order valence-electron chi connectivity index (χ4n) is 1.51. The largest absolute Gasteiger partial charge is 0.490 e. The number of ether oxygens (including phenoxy) is 1. The van der Waals surface area contributed by atoms with Crippen LogP contribution in [0.5, 0.6) is 5.75 Å². The Morgan fingerprint density at radius 2 is 2.05 bits per heavy atom. The van der Waals surface area contributed by atoms with Crippen molar-refractivity contribution >= 4 is 27.4 Å². The Hall–Kier alpha value is -1.27. The van der Waals surface area contributed by atoms with Gasteiger partial charge in [-0.05, 0) is 18.6 Å². The highest BCUT2D eigenvalue weighted by molar-refractivity contribution is 7.91. The van der Waals surface area contributed by atoms with Gasteiger partial charge in [0, 0.05) is 0 Å². The first-order valence-electron chi connectivity index (χ1n) is 5.72. The van der Waals surface area contributed by atoms with Crippen molar-refractivity contribution in [2.75, 3.05) is 18.1 Å². The van der Waals surface area contributed by atoms with Crippen LogP contribution in [0.15, 0.2) is 18.2 Å². The summed E-state index contributed by atoms with van der Waals surface area (Å²) < 4.78 is 28.2. The minimum Gasteiger partial charge on any atom is -0.490 e. The number of hydrogen-bond acceptors (Lipinski definition) is 4. The second kappa shape index (κ2) is 6.77. The van der Waals surface area contributed by atoms with Crippen LogP contribution in [0.3, 0.4) is 0 Å². The molecule has 19 heavy (non-hydrogen) atoms. The quantitative estimate of drug-likeness (QED) is 0.835. The standard InChI is InChI=1S/C12H15ClO5S/c1-2-7-19(16,17)8-6-18-11-9(12(14)15)4-3-5-10(11)13/h3-5H,2,6-8H2,1H3,(H,14,15). The highest BCUT2D eigenvalue weighted by Gasteiger charge is 2.16. The lowest BCUT2D eigenvalue weighted by Crippen LogP contribution is -2.17. The molecule has 0 aliphatic rings. The number of halogens is 1. The molecular formula is C12H15ClO5S. The number of carboxylic acids is 1. The first-order chi connectivity index (χ1) is 8.87. The van der Waals surface area contributed by atoms with E-state index in [1.165, 1.54) is 18.2 Å². The first kappa shape index (κ1) is 15.8. The summed E-state index contributed by atoms with van der Waals surface area (Å²) in [4.78, 5) is 11.0. The zero-order valence-corrected chi connectivity index (χ0v) is 12.0. The summed E-state index contributed by atoms with van der Waals surface area (Å²) in [7, 11) is -3.16. The molecule has 0 saturated heterocycles. The maximum atomic E-state index is 11.5. The van der Waals surface area contributed by atoms with Crippen LogP contribution in [0.4, 0.5) is 0 Å². The van der Waals surface area contributed by atoms with E-state index in [0.29, 0.717) is 6.42 Å². The Kier molecular flexibility index (Phi) is 5.62. The third kappa shape index (κ3) is 4.72. The van der Waals surface area contributed by atoms with Crippen LogP contribution >= 0.6 is 11.6 Å². The lowest BCUT2D eigenvalue weighted by molar-refractivity contribution is 0.0692. The van der Waals surface area contributed by atoms with Crippen LogP contribution in [0.2, 0.25) is 5.02 Å². The molecule has 5 nitrogen and oxygen atoms in total. The number of benzene rings is 1. The SMILES string of the molecule is CCCS(=O)(=O)CCOc1c(Cl)cccc1C(=O)O. The molecule has 1 aromatic rings. The van der Waals surface area contributed by atoms with Crippen LogP contribution in [-0.4, -0.2) is 37.6 Å². The van der Waals surface area contributed by atoms with E-state index < -0.39 is 15.8 Å². The number of carbonyl (C=O) groups is 1. The van der Waals surface area contributed by atoms with E-state index in [4.69, 9.17) is 21.4 Å². The summed E-state index contributed by atoms with van der Waals surface area (Å²) in [5, 5.41) is 9.12. The minimum absolute atomic E-state index is 0.00312. The highest BCUT2D eigenvalue weighted by atomic mass is 35.5. The predicted octanol–water partition coefficient (Wildman–Crippen LogP) is 2.24. The van der Waals surface area contributed by atoms with Crippen molar-refractivity contribution in [3.8, 4) is 5.75 Å². The fourth-order valence-corrected chi connectivity index (χ4v) is 2.90. The molecule has 106 valence electrons. The van der Waals surface area contributed by atoms with Crippen molar-refractivity contribution in [3.05, 3.63) is 28.8 Å². The van der Waals surface area contributed by atoms with Crippen LogP contribution in [-0.2, 0) is 9.84 Å². The van der Waals surface area contributed by atoms with Crippen molar-refractivity contribution in [1.82, 2.24) is 0 Å². The lowest BCUT2D eigenvalue weighted by Gasteiger charge is -2.10. The molecule has 0 amide bonds. The van der Waals surface area contributed by atoms with E-state index in [0.717, 1.165) is 0 Å². The van der Waals surface area contributed by atoms with Crippen molar-refractivity contribution in [2.45, 2.75) is 13.3 Å². The number of aromatic carboxylic acids is 1. The Bertz CT molecular complexity index is 553. The topological polar surface area (TPSA) is 80.7 Å². The van der Waals surface area contributed by atoms with Crippen molar-refractivity contribution in [3.63, 3.8) is 0 Å². The van der Waals surface area contributed by atoms with Crippen LogP contribution < -0.4 is 4.74 Å². The van der Waals surface area contributed by atoms with Crippen molar-refractivity contribution in [1.29, 1.82) is 0 Å². The zero-order chi connectivity index (χ0) is 14.5. The van der Waals surface area contributed by atoms with Gasteiger partial charge < -0.3 is 9.84 Å². The molecule has 0 spiro atoms. The van der Waals surface area contributed by atoms with Gasteiger partial charge in [0.15, 0.2) is 15.6 Å². The average Bonchev–Trinajstić information content (AvgIpc) is 2.30. The van der Waals surface area contributed by atoms with E-state index in [1.807, 2.05) is 0 Å². The second-order valence-corrected chi connectivity index (χ2v) is 6.63. The maximum Gasteiger partial charge on any atom is 0.339 e. The lowest BCUT2D eigenvalue weighted by atomic mass is 10.2. The zero-order valence-electron chi connectivity index (χ0n) is 10.4. The molecule has 0 aliphatic heterocycles. The monoisotopic (exact) mass is 306 g/mol. The third-order valence-electron chi connectivity index (χ3n) is 2.35. The van der Waals surface area contributed by atoms with Gasteiger partial charge in [0.25, 0.3) is 0 Å². The summed E-state index contributed by atoms with van der Waals surface area (Å²) in [5.74, 6) is -1.24. The smallest absolute Gasteiger partial charge is 0.339 e. The average molecular weight is 307 g/mol. The van der Waals surface area contributed by atoms with Crippen LogP contribution in [0.1, 0.15) is 23.7 Å². The van der Waals surface area contributed by atoms with Gasteiger partial charge in [-0.3, -0.25) is 0 Å². The van der Waals surface area contributed by atoms with Gasteiger partial charge >= 0.3 is 5.97 Å². The summed E-state index contributed by atoms with van der Waals surface area (Å²) in [6.07, 6.45) is 0.537. The number of sulfone groups is 1. The second-order valence-electron chi connectivity index (χ2n) is 3.92. The molecule has 7 heteroatoms. The normalized spacial score (nSPS) is 11.3. The summed E-state index contributed by atoms with van der Waals surface area (Å²) >= 11 is 5.85. The van der Waals surface area contributed by atoms with E-state index in [-0.39, 0.29) is 34.4 Å². The van der Waals surface area contributed by atoms with E-state index in [9.17, 15) is 13.2 Å². The molecule has 0 aromatic heterocycles. The van der Waals surface area contributed by atoms with Gasteiger partial charge in [0.05, 0.1) is 16.5 Å². The van der Waals surface area contributed by atoms with Crippen LogP contribution in [0, 0.1) is 0 Å². The maximum absolute atomic E-state index is 11.5. The molecule has 0 aliphatic carbocycles. The fraction of sp³-hybridized carbons (Fsp3) is 0.417. The molecule has 0 atom stereocenters. The molecule has 1 aromatic carbocycles. The van der Waals surface area contributed by atoms with Gasteiger partial charge in [-0.1, -0.05) is 24.6 Å². The van der Waals surface area contributed by atoms with E-state index in [1.54, 1.807) is 6.92 Å². The number of rotatable bonds is 7. The predicted molar refractivity (Wildman–Crippen MR) is 72.9 cm³/mol. The van der Waals surface area contributed by atoms with Gasteiger partial charge in [-0.2, -0.15) is 0 Å². The van der Waals surface area contributed by atoms with E-state index >= 15 is 0 Å². The molecule has 0 unspecified atom stereocenters. The van der Waals surface area contributed by atoms with Crippen LogP contribution in [0.25, 0.3) is 0 Å². The summed E-state index contributed by atoms with van der Waals surface area (Å²) in [6, 6.07) is 4.33. The highest BCUT2D eigenvalue weighted by Crippen LogP contribution is 2.28. The molecule has 0 radical (unpaired) electrons. The van der Waals surface area contributed by atoms with Crippen molar-refractivity contribution in [2.24, 2.45) is 0 Å². The van der Waals surface area contributed by atoms with E-state index in [2.05, 4.69) is 0 Å². The summed E-state index contributed by atoms with van der Waals surface area (Å²) in [6.45, 7) is 1.65. The molecule has 0 fully saturated rings. The van der Waals surface area contributed by atoms with Gasteiger partial charge in [0.2, 0.25) is 0 Å². The summed E-state index contributed by atoms with van der Waals surface area (Å²) in [5.41, 5.74) is -0.0830. The van der Waals surface area contributed by atoms with Gasteiger partial charge in [-0.25, -0.2) is 13.2 Å². The Morgan fingerprint density at radius 1 is 1.37 bits per heavy atom. The third-order valence-corrected chi connectivity index (χ3v) is 4.47. The molecule has 0 bridgehead atoms. The minimum atomic E-state index is -3.16. The Balaban J connectivity index is 2.76. The molecule has 1 N–H and O–H groups in total. The Labute approximate surface area is 117 Å². The van der Waals surface area contributed by atoms with Gasteiger partial charge in [-0.15, -0.1) is 0 Å². The van der Waals surface area contributed by atoms with Gasteiger partial charge in [0.1, 0.15) is 12.2 Å². The van der Waals surface area contributed by atoms with Crippen molar-refractivity contribution < 1.29 is 23.1 Å². The molecule has 1 rings (SSSR count). The Morgan fingerprint density at radius 3 is 2.63 bits per heavy atom. The molecule has 0 heterocycles. The first-order valence-corrected chi connectivity index (χ1v) is 7.92. The molecule has 0 saturated carbocycles.